The third-order valence-corrected chi connectivity index (χ3v) is 4.86. The van der Waals surface area contributed by atoms with Gasteiger partial charge in [0.1, 0.15) is 17.3 Å². The van der Waals surface area contributed by atoms with Crippen molar-refractivity contribution in [3.63, 3.8) is 0 Å². The Hall–Kier alpha value is -2.42. The average Bonchev–Trinajstić information content (AvgIpc) is 3.15. The predicted molar refractivity (Wildman–Crippen MR) is 108 cm³/mol. The molecule has 0 unspecified atom stereocenters. The summed E-state index contributed by atoms with van der Waals surface area (Å²) in [6.07, 6.45) is 5.63. The van der Waals surface area contributed by atoms with E-state index in [1.807, 2.05) is 18.2 Å². The van der Waals surface area contributed by atoms with Crippen molar-refractivity contribution in [1.29, 1.82) is 0 Å². The van der Waals surface area contributed by atoms with E-state index < -0.39 is 0 Å². The number of furan rings is 1. The summed E-state index contributed by atoms with van der Waals surface area (Å²) in [5.74, 6) is 0.724. The Bertz CT molecular complexity index is 942. The van der Waals surface area contributed by atoms with Gasteiger partial charge in [0.05, 0.1) is 28.7 Å². The number of hydrogen-bond donors (Lipinski definition) is 1. The smallest absolute Gasteiger partial charge is 0.255 e. The van der Waals surface area contributed by atoms with Crippen LogP contribution in [0.15, 0.2) is 53.4 Å². The van der Waals surface area contributed by atoms with Gasteiger partial charge in [-0.1, -0.05) is 0 Å². The fraction of sp³-hybridized carbons (Fsp3) is 0.200. The van der Waals surface area contributed by atoms with Crippen molar-refractivity contribution in [2.75, 3.05) is 13.7 Å². The molecule has 3 rings (SSSR count). The maximum absolute atomic E-state index is 13.1. The van der Waals surface area contributed by atoms with Crippen LogP contribution in [0.1, 0.15) is 22.3 Å². The number of hydrogen-bond acceptors (Lipinski definition) is 4. The van der Waals surface area contributed by atoms with E-state index in [0.717, 1.165) is 20.4 Å². The topological polar surface area (TPSA) is 64.4 Å². The molecule has 0 fully saturated rings. The molecule has 0 aliphatic heterocycles. The zero-order valence-corrected chi connectivity index (χ0v) is 16.8. The molecule has 2 aromatic heterocycles. The van der Waals surface area contributed by atoms with Crippen LogP contribution >= 0.6 is 22.6 Å². The van der Waals surface area contributed by atoms with Crippen molar-refractivity contribution < 1.29 is 18.3 Å². The highest BCUT2D eigenvalue weighted by Crippen LogP contribution is 2.30. The van der Waals surface area contributed by atoms with Crippen molar-refractivity contribution in [3.8, 4) is 17.1 Å². The molecule has 0 saturated carbocycles. The molecule has 0 atom stereocenters. The lowest BCUT2D eigenvalue weighted by Crippen LogP contribution is -2.24. The maximum atomic E-state index is 13.1. The minimum absolute atomic E-state index is 0.207. The van der Waals surface area contributed by atoms with Gasteiger partial charge in [0.25, 0.3) is 5.91 Å². The van der Waals surface area contributed by atoms with Gasteiger partial charge in [-0.3, -0.25) is 9.78 Å². The van der Waals surface area contributed by atoms with E-state index in [-0.39, 0.29) is 11.7 Å². The summed E-state index contributed by atoms with van der Waals surface area (Å²) in [5, 5.41) is 2.88. The molecule has 27 heavy (non-hydrogen) atoms. The zero-order valence-electron chi connectivity index (χ0n) is 14.7. The SMILES string of the molecule is COc1ccc(-c2occc2C(=O)NCCCc2cncc(F)c2)cc1I. The van der Waals surface area contributed by atoms with Crippen LogP contribution in [0.4, 0.5) is 4.39 Å². The van der Waals surface area contributed by atoms with E-state index in [0.29, 0.717) is 30.7 Å². The Morgan fingerprint density at radius 1 is 1.30 bits per heavy atom. The summed E-state index contributed by atoms with van der Waals surface area (Å²) in [7, 11) is 1.61. The Balaban J connectivity index is 1.61. The number of nitrogens with one attached hydrogen (secondary N) is 1. The highest BCUT2D eigenvalue weighted by Gasteiger charge is 2.17. The molecule has 0 aliphatic rings. The van der Waals surface area contributed by atoms with Gasteiger partial charge < -0.3 is 14.5 Å². The van der Waals surface area contributed by atoms with Gasteiger partial charge in [-0.2, -0.15) is 0 Å². The lowest BCUT2D eigenvalue weighted by atomic mass is 10.1. The molecule has 3 aromatic rings. The van der Waals surface area contributed by atoms with Crippen molar-refractivity contribution in [3.05, 3.63) is 69.5 Å². The quantitative estimate of drug-likeness (QED) is 0.401. The number of rotatable bonds is 7. The second-order valence-electron chi connectivity index (χ2n) is 5.88. The van der Waals surface area contributed by atoms with Crippen LogP contribution in [-0.2, 0) is 6.42 Å². The van der Waals surface area contributed by atoms with Gasteiger partial charge in [-0.25, -0.2) is 4.39 Å². The molecule has 140 valence electrons. The van der Waals surface area contributed by atoms with E-state index in [9.17, 15) is 9.18 Å². The van der Waals surface area contributed by atoms with Crippen molar-refractivity contribution in [1.82, 2.24) is 10.3 Å². The number of benzene rings is 1. The number of carbonyl (C=O) groups excluding carboxylic acids is 1. The predicted octanol–water partition coefficient (Wildman–Crippen LogP) is 4.46. The molecule has 0 radical (unpaired) electrons. The molecule has 0 saturated heterocycles. The van der Waals surface area contributed by atoms with Gasteiger partial charge in [-0.05, 0) is 71.3 Å². The number of amides is 1. The first kappa shape index (κ1) is 19.3. The molecule has 7 heteroatoms. The fourth-order valence-corrected chi connectivity index (χ4v) is 3.44. The monoisotopic (exact) mass is 480 g/mol. The molecule has 2 heterocycles. The molecular weight excluding hydrogens is 462 g/mol. The molecule has 0 aliphatic carbocycles. The van der Waals surface area contributed by atoms with Gasteiger partial charge >= 0.3 is 0 Å². The molecule has 0 spiro atoms. The van der Waals surface area contributed by atoms with E-state index in [4.69, 9.17) is 9.15 Å². The molecular formula is C20H18FIN2O3. The fourth-order valence-electron chi connectivity index (χ4n) is 2.70. The van der Waals surface area contributed by atoms with Crippen molar-refractivity contribution in [2.45, 2.75) is 12.8 Å². The number of halogens is 2. The van der Waals surface area contributed by atoms with Crippen LogP contribution in [0.25, 0.3) is 11.3 Å². The van der Waals surface area contributed by atoms with E-state index >= 15 is 0 Å². The molecule has 5 nitrogen and oxygen atoms in total. The molecule has 1 amide bonds. The first-order chi connectivity index (χ1) is 13.1. The van der Waals surface area contributed by atoms with Crippen LogP contribution < -0.4 is 10.1 Å². The van der Waals surface area contributed by atoms with E-state index in [1.54, 1.807) is 19.4 Å². The molecule has 1 aromatic carbocycles. The number of aromatic nitrogens is 1. The van der Waals surface area contributed by atoms with Crippen molar-refractivity contribution in [2.24, 2.45) is 0 Å². The summed E-state index contributed by atoms with van der Waals surface area (Å²) in [6, 6.07) is 8.71. The minimum atomic E-state index is -0.353. The van der Waals surface area contributed by atoms with Crippen LogP contribution in [0, 0.1) is 9.39 Å². The summed E-state index contributed by atoms with van der Waals surface area (Å²) in [6.45, 7) is 0.472. The Morgan fingerprint density at radius 2 is 2.15 bits per heavy atom. The second-order valence-corrected chi connectivity index (χ2v) is 7.05. The lowest BCUT2D eigenvalue weighted by molar-refractivity contribution is 0.0953. The summed E-state index contributed by atoms with van der Waals surface area (Å²) in [5.41, 5.74) is 2.09. The van der Waals surface area contributed by atoms with Crippen LogP contribution in [-0.4, -0.2) is 24.5 Å². The number of pyridine rings is 1. The third kappa shape index (κ3) is 4.85. The number of nitrogens with zero attached hydrogens (tertiary/aromatic N) is 1. The normalized spacial score (nSPS) is 10.6. The average molecular weight is 480 g/mol. The molecule has 1 N–H and O–H groups in total. The third-order valence-electron chi connectivity index (χ3n) is 4.01. The Morgan fingerprint density at radius 3 is 2.89 bits per heavy atom. The number of methoxy groups -OCH3 is 1. The second kappa shape index (κ2) is 8.98. The van der Waals surface area contributed by atoms with Crippen LogP contribution in [0.3, 0.4) is 0 Å². The van der Waals surface area contributed by atoms with Gasteiger partial charge in [0, 0.05) is 18.3 Å². The first-order valence-corrected chi connectivity index (χ1v) is 9.45. The van der Waals surface area contributed by atoms with Gasteiger partial charge in [0.2, 0.25) is 0 Å². The Kier molecular flexibility index (Phi) is 6.44. The minimum Gasteiger partial charge on any atom is -0.496 e. The number of aryl methyl sites for hydroxylation is 1. The molecule has 0 bridgehead atoms. The summed E-state index contributed by atoms with van der Waals surface area (Å²) >= 11 is 2.18. The van der Waals surface area contributed by atoms with E-state index in [2.05, 4.69) is 32.9 Å². The zero-order chi connectivity index (χ0) is 19.2. The van der Waals surface area contributed by atoms with Gasteiger partial charge in [0.15, 0.2) is 0 Å². The largest absolute Gasteiger partial charge is 0.496 e. The summed E-state index contributed by atoms with van der Waals surface area (Å²) < 4.78 is 24.8. The van der Waals surface area contributed by atoms with Gasteiger partial charge in [-0.15, -0.1) is 0 Å². The summed E-state index contributed by atoms with van der Waals surface area (Å²) in [4.78, 5) is 16.3. The van der Waals surface area contributed by atoms with E-state index in [1.165, 1.54) is 18.5 Å². The highest BCUT2D eigenvalue weighted by atomic mass is 127. The standard InChI is InChI=1S/C20H18FIN2O3/c1-26-18-5-4-14(10-17(18)22)19-16(6-8-27-19)20(25)24-7-2-3-13-9-15(21)12-23-11-13/h4-6,8-12H,2-3,7H2,1H3,(H,24,25). The van der Waals surface area contributed by atoms with Crippen LogP contribution in [0.5, 0.6) is 5.75 Å². The Labute approximate surface area is 170 Å². The van der Waals surface area contributed by atoms with Crippen LogP contribution in [0.2, 0.25) is 0 Å². The number of ether oxygens (including phenoxy) is 1. The lowest BCUT2D eigenvalue weighted by Gasteiger charge is -2.08. The first-order valence-electron chi connectivity index (χ1n) is 8.37. The maximum Gasteiger partial charge on any atom is 0.255 e. The highest BCUT2D eigenvalue weighted by molar-refractivity contribution is 14.1. The van der Waals surface area contributed by atoms with Crippen molar-refractivity contribution >= 4 is 28.5 Å². The number of carbonyl (C=O) groups is 1.